The summed E-state index contributed by atoms with van der Waals surface area (Å²) in [6.45, 7) is 3.16. The number of pyridine rings is 1. The van der Waals surface area contributed by atoms with Gasteiger partial charge in [0.1, 0.15) is 23.0 Å². The molecule has 0 saturated carbocycles. The molecule has 3 aromatic rings. The molecule has 3 atom stereocenters. The van der Waals surface area contributed by atoms with E-state index in [-0.39, 0.29) is 6.10 Å². The number of nitrogens with two attached hydrogens (primary N) is 1. The quantitative estimate of drug-likeness (QED) is 0.285. The average Bonchev–Trinajstić information content (AvgIpc) is 3.82. The van der Waals surface area contributed by atoms with Crippen molar-refractivity contribution in [3.05, 3.63) is 57.9 Å². The van der Waals surface area contributed by atoms with Crippen LogP contribution in [-0.4, -0.2) is 60.5 Å². The predicted molar refractivity (Wildman–Crippen MR) is 165 cm³/mol. The van der Waals surface area contributed by atoms with Crippen molar-refractivity contribution in [2.24, 2.45) is 0 Å². The molecule has 44 heavy (non-hydrogen) atoms. The molecular formula is C32H33N9O2S. The van der Waals surface area contributed by atoms with Gasteiger partial charge < -0.3 is 15.0 Å². The van der Waals surface area contributed by atoms with E-state index >= 15 is 0 Å². The molecule has 3 aliphatic heterocycles. The number of thiophene rings is 1. The number of aromatic nitrogens is 6. The fourth-order valence-electron chi connectivity index (χ4n) is 7.77. The van der Waals surface area contributed by atoms with E-state index in [9.17, 15) is 5.26 Å². The highest BCUT2D eigenvalue weighted by Crippen LogP contribution is 2.55. The van der Waals surface area contributed by atoms with Crippen molar-refractivity contribution in [1.29, 1.82) is 5.26 Å². The molecule has 12 heteroatoms. The fourth-order valence-corrected chi connectivity index (χ4v) is 8.93. The summed E-state index contributed by atoms with van der Waals surface area (Å²) in [4.78, 5) is 13.5. The third-order valence-corrected chi connectivity index (χ3v) is 10.9. The first kappa shape index (κ1) is 27.2. The first-order chi connectivity index (χ1) is 21.5. The molecule has 11 nitrogen and oxygen atoms in total. The molecule has 6 heterocycles. The molecule has 0 unspecified atom stereocenters. The molecule has 1 fully saturated rings. The monoisotopic (exact) mass is 607 g/mol. The van der Waals surface area contributed by atoms with Gasteiger partial charge in [-0.1, -0.05) is 5.16 Å². The number of hydrogen-bond donors (Lipinski definition) is 1. The molecule has 8 rings (SSSR count). The number of hydrogen-bond acceptors (Lipinski definition) is 11. The van der Waals surface area contributed by atoms with Gasteiger partial charge in [-0.25, -0.2) is 4.98 Å². The standard InChI is InChI=1S/C32H33N9O2S/c1-18(22-9-6-13-40(22)2)42-25-15-24(41-14-5-7-19-17-35-38-31(19)41)36-30(37-25)27-20-8-3-11-32(28(20)43-39-27)12-4-10-23-26(32)21(16-33)29(34)44-23/h5,7,14-15,17-18,22H,3-4,6,8-13,34H2,1-2H3/t18-,22-,32-/m0/s1. The molecular weight excluding hydrogens is 574 g/mol. The topological polar surface area (TPSA) is 145 Å². The molecule has 5 aliphatic rings. The molecule has 3 aromatic heterocycles. The van der Waals surface area contributed by atoms with Crippen molar-refractivity contribution in [3.8, 4) is 40.7 Å². The van der Waals surface area contributed by atoms with E-state index in [1.54, 1.807) is 17.5 Å². The Morgan fingerprint density at radius 1 is 1.23 bits per heavy atom. The van der Waals surface area contributed by atoms with E-state index in [2.05, 4.69) is 40.3 Å². The summed E-state index contributed by atoms with van der Waals surface area (Å²) in [6.07, 6.45) is 11.3. The second-order valence-corrected chi connectivity index (χ2v) is 13.4. The van der Waals surface area contributed by atoms with Crippen LogP contribution in [0, 0.1) is 11.3 Å². The van der Waals surface area contributed by atoms with Gasteiger partial charge in [-0.3, -0.25) is 9.47 Å². The Hall–Kier alpha value is -4.34. The maximum Gasteiger partial charge on any atom is 0.219 e. The minimum atomic E-state index is -0.421. The normalized spacial score (nSPS) is 22.2. The lowest BCUT2D eigenvalue weighted by Crippen LogP contribution is -2.38. The zero-order chi connectivity index (χ0) is 30.0. The van der Waals surface area contributed by atoms with Gasteiger partial charge in [0.15, 0.2) is 23.1 Å². The number of likely N-dealkylation sites (N-methyl/N-ethyl adjacent to an activating group) is 1. The van der Waals surface area contributed by atoms with Crippen LogP contribution in [0.1, 0.15) is 72.8 Å². The molecule has 2 N–H and O–H groups in total. The largest absolute Gasteiger partial charge is 0.473 e. The zero-order valence-electron chi connectivity index (χ0n) is 24.8. The summed E-state index contributed by atoms with van der Waals surface area (Å²) >= 11 is 1.54. The van der Waals surface area contributed by atoms with Gasteiger partial charge in [-0.2, -0.15) is 15.3 Å². The third-order valence-electron chi connectivity index (χ3n) is 9.78. The van der Waals surface area contributed by atoms with Gasteiger partial charge in [-0.05, 0) is 89.6 Å². The number of rotatable bonds is 5. The number of anilines is 1. The lowest BCUT2D eigenvalue weighted by Gasteiger charge is -2.39. The van der Waals surface area contributed by atoms with Crippen molar-refractivity contribution in [1.82, 2.24) is 34.8 Å². The number of ether oxygens (including phenoxy) is 1. The minimum Gasteiger partial charge on any atom is -0.473 e. The maximum absolute atomic E-state index is 10.1. The first-order valence-corrected chi connectivity index (χ1v) is 16.1. The lowest BCUT2D eigenvalue weighted by atomic mass is 9.63. The Morgan fingerprint density at radius 2 is 2.09 bits per heavy atom. The summed E-state index contributed by atoms with van der Waals surface area (Å²) in [5.74, 6) is 3.05. The van der Waals surface area contributed by atoms with Gasteiger partial charge >= 0.3 is 0 Å². The SMILES string of the molecule is C[C@H](Oc1cc(-n2cccc3cnnc2-3)nc(-c2noc3c2CCC[C@@]32CCCc3sc(N)c(C#N)c32)n1)[C@@H]1CCCN1C. The van der Waals surface area contributed by atoms with Crippen LogP contribution >= 0.6 is 11.3 Å². The minimum absolute atomic E-state index is 0.0683. The van der Waals surface area contributed by atoms with Gasteiger partial charge in [0.2, 0.25) is 5.88 Å². The summed E-state index contributed by atoms with van der Waals surface area (Å²) in [7, 11) is 2.14. The Bertz CT molecular complexity index is 1880. The van der Waals surface area contributed by atoms with Gasteiger partial charge in [0.25, 0.3) is 0 Å². The molecule has 0 radical (unpaired) electrons. The van der Waals surface area contributed by atoms with Crippen LogP contribution in [0.2, 0.25) is 0 Å². The van der Waals surface area contributed by atoms with Gasteiger partial charge in [0.05, 0.1) is 17.2 Å². The van der Waals surface area contributed by atoms with Crippen LogP contribution in [0.4, 0.5) is 5.00 Å². The van der Waals surface area contributed by atoms with Crippen LogP contribution < -0.4 is 10.5 Å². The van der Waals surface area contributed by atoms with E-state index in [0.717, 1.165) is 80.4 Å². The number of nitrogen functional groups attached to an aromatic ring is 1. The van der Waals surface area contributed by atoms with Crippen molar-refractivity contribution in [2.75, 3.05) is 19.3 Å². The summed E-state index contributed by atoms with van der Waals surface area (Å²) < 4.78 is 14.7. The summed E-state index contributed by atoms with van der Waals surface area (Å²) in [5, 5.41) is 23.8. The number of nitriles is 1. The van der Waals surface area contributed by atoms with Gasteiger partial charge in [0, 0.05) is 34.3 Å². The predicted octanol–water partition coefficient (Wildman–Crippen LogP) is 5.15. The number of likely N-dealkylation sites (tertiary alicyclic amines) is 1. The van der Waals surface area contributed by atoms with E-state index in [0.29, 0.717) is 45.6 Å². The van der Waals surface area contributed by atoms with Crippen LogP contribution in [0.3, 0.4) is 0 Å². The maximum atomic E-state index is 10.1. The number of aryl methyl sites for hydroxylation is 1. The van der Waals surface area contributed by atoms with Crippen molar-refractivity contribution >= 4 is 16.3 Å². The van der Waals surface area contributed by atoms with Gasteiger partial charge in [-0.15, -0.1) is 16.4 Å². The van der Waals surface area contributed by atoms with Crippen molar-refractivity contribution in [2.45, 2.75) is 75.9 Å². The molecule has 2 aliphatic carbocycles. The van der Waals surface area contributed by atoms with E-state index in [4.69, 9.17) is 25.0 Å². The molecule has 1 saturated heterocycles. The molecule has 224 valence electrons. The summed E-state index contributed by atoms with van der Waals surface area (Å²) in [6, 6.07) is 8.49. The van der Waals surface area contributed by atoms with Crippen molar-refractivity contribution in [3.63, 3.8) is 0 Å². The number of nitrogens with zero attached hydrogens (tertiary/aromatic N) is 8. The average molecular weight is 608 g/mol. The Balaban J connectivity index is 1.26. The fraction of sp³-hybridized carbons (Fsp3) is 0.438. The second kappa shape index (κ2) is 10.4. The van der Waals surface area contributed by atoms with Crippen molar-refractivity contribution < 1.29 is 9.26 Å². The summed E-state index contributed by atoms with van der Waals surface area (Å²) in [5.41, 5.74) is 10.1. The Labute approximate surface area is 259 Å². The smallest absolute Gasteiger partial charge is 0.219 e. The number of fused-ring (bicyclic) bond motifs is 5. The Kier molecular flexibility index (Phi) is 6.43. The molecule has 0 amide bonds. The van der Waals surface area contributed by atoms with E-state index in [1.165, 1.54) is 4.88 Å². The Morgan fingerprint density at radius 3 is 2.91 bits per heavy atom. The first-order valence-electron chi connectivity index (χ1n) is 15.3. The van der Waals surface area contributed by atoms with E-state index < -0.39 is 5.41 Å². The molecule has 0 aromatic carbocycles. The highest BCUT2D eigenvalue weighted by molar-refractivity contribution is 7.16. The lowest BCUT2D eigenvalue weighted by molar-refractivity contribution is 0.117. The molecule has 1 spiro atoms. The highest BCUT2D eigenvalue weighted by atomic mass is 32.1. The third kappa shape index (κ3) is 4.13. The zero-order valence-corrected chi connectivity index (χ0v) is 25.6. The van der Waals surface area contributed by atoms with Crippen LogP contribution in [0.5, 0.6) is 5.88 Å². The second-order valence-electron chi connectivity index (χ2n) is 12.3. The molecule has 0 bridgehead atoms. The van der Waals surface area contributed by atoms with Crippen LogP contribution in [0.15, 0.2) is 35.1 Å². The van der Waals surface area contributed by atoms with Crippen LogP contribution in [-0.2, 0) is 18.3 Å². The van der Waals surface area contributed by atoms with E-state index in [1.807, 2.05) is 29.0 Å². The van der Waals surface area contributed by atoms with Crippen LogP contribution in [0.25, 0.3) is 28.7 Å². The highest BCUT2D eigenvalue weighted by Gasteiger charge is 2.49.